The SMILES string of the molecule is O=C1N(C2CCCCC2)C[C@@H]2[C@@H](c3cccc([N+](=O)[O-])c3)NN[C@@]12O. The van der Waals surface area contributed by atoms with Crippen LogP contribution >= 0.6 is 0 Å². The minimum absolute atomic E-state index is 0.00296. The van der Waals surface area contributed by atoms with E-state index in [-0.39, 0.29) is 29.6 Å². The monoisotopic (exact) mass is 346 g/mol. The molecule has 1 aliphatic carbocycles. The van der Waals surface area contributed by atoms with Gasteiger partial charge in [-0.05, 0) is 18.4 Å². The van der Waals surface area contributed by atoms with Crippen LogP contribution in [0.2, 0.25) is 0 Å². The Balaban J connectivity index is 1.60. The molecule has 3 fully saturated rings. The van der Waals surface area contributed by atoms with E-state index in [1.54, 1.807) is 12.1 Å². The third-order valence-corrected chi connectivity index (χ3v) is 5.79. The van der Waals surface area contributed by atoms with Gasteiger partial charge in [0.2, 0.25) is 5.72 Å². The summed E-state index contributed by atoms with van der Waals surface area (Å²) in [5.41, 5.74) is 4.77. The summed E-state index contributed by atoms with van der Waals surface area (Å²) in [4.78, 5) is 25.2. The molecule has 0 radical (unpaired) electrons. The molecule has 2 aliphatic heterocycles. The predicted molar refractivity (Wildman–Crippen MR) is 89.1 cm³/mol. The molecule has 25 heavy (non-hydrogen) atoms. The van der Waals surface area contributed by atoms with Crippen molar-refractivity contribution in [1.29, 1.82) is 0 Å². The number of amides is 1. The molecule has 8 nitrogen and oxygen atoms in total. The van der Waals surface area contributed by atoms with Crippen molar-refractivity contribution in [2.45, 2.75) is 49.9 Å². The van der Waals surface area contributed by atoms with Crippen molar-refractivity contribution in [3.8, 4) is 0 Å². The fourth-order valence-electron chi connectivity index (χ4n) is 4.44. The van der Waals surface area contributed by atoms with E-state index in [1.807, 2.05) is 4.90 Å². The molecular weight excluding hydrogens is 324 g/mol. The van der Waals surface area contributed by atoms with Gasteiger partial charge in [0.15, 0.2) is 0 Å². The molecule has 3 N–H and O–H groups in total. The highest BCUT2D eigenvalue weighted by molar-refractivity contribution is 5.88. The van der Waals surface area contributed by atoms with Crippen LogP contribution in [-0.4, -0.2) is 39.1 Å². The average molecular weight is 346 g/mol. The van der Waals surface area contributed by atoms with Crippen LogP contribution < -0.4 is 10.9 Å². The molecule has 1 saturated carbocycles. The largest absolute Gasteiger partial charge is 0.366 e. The molecule has 3 atom stereocenters. The van der Waals surface area contributed by atoms with Crippen LogP contribution in [0.4, 0.5) is 5.69 Å². The Morgan fingerprint density at radius 1 is 1.28 bits per heavy atom. The lowest BCUT2D eigenvalue weighted by molar-refractivity contribution is -0.384. The maximum atomic E-state index is 12.8. The second kappa shape index (κ2) is 6.05. The first kappa shape index (κ1) is 16.4. The first-order valence-corrected chi connectivity index (χ1v) is 8.81. The van der Waals surface area contributed by atoms with E-state index in [1.165, 1.54) is 18.6 Å². The summed E-state index contributed by atoms with van der Waals surface area (Å²) in [6.45, 7) is 0.452. The Morgan fingerprint density at radius 3 is 2.76 bits per heavy atom. The highest BCUT2D eigenvalue weighted by Gasteiger charge is 2.61. The van der Waals surface area contributed by atoms with Gasteiger partial charge in [0.05, 0.1) is 16.9 Å². The smallest absolute Gasteiger partial charge is 0.271 e. The van der Waals surface area contributed by atoms with Gasteiger partial charge in [-0.15, -0.1) is 0 Å². The molecule has 0 bridgehead atoms. The first-order chi connectivity index (χ1) is 12.0. The number of carbonyl (C=O) groups excluding carboxylic acids is 1. The summed E-state index contributed by atoms with van der Waals surface area (Å²) >= 11 is 0. The molecule has 0 unspecified atom stereocenters. The van der Waals surface area contributed by atoms with E-state index in [0.717, 1.165) is 25.7 Å². The average Bonchev–Trinajstić information content (AvgIpc) is 3.09. The second-order valence-electron chi connectivity index (χ2n) is 7.22. The van der Waals surface area contributed by atoms with Crippen molar-refractivity contribution < 1.29 is 14.8 Å². The van der Waals surface area contributed by atoms with Crippen molar-refractivity contribution in [3.63, 3.8) is 0 Å². The zero-order valence-electron chi connectivity index (χ0n) is 13.9. The topological polar surface area (TPSA) is 108 Å². The van der Waals surface area contributed by atoms with Crippen molar-refractivity contribution in [3.05, 3.63) is 39.9 Å². The van der Waals surface area contributed by atoms with Gasteiger partial charge in [0.25, 0.3) is 11.6 Å². The molecule has 3 aliphatic rings. The van der Waals surface area contributed by atoms with Crippen LogP contribution in [0.1, 0.15) is 43.7 Å². The molecule has 1 aromatic carbocycles. The van der Waals surface area contributed by atoms with Gasteiger partial charge in [0.1, 0.15) is 0 Å². The Morgan fingerprint density at radius 2 is 2.04 bits per heavy atom. The number of nitrogens with zero attached hydrogens (tertiary/aromatic N) is 2. The Kier molecular flexibility index (Phi) is 3.98. The minimum atomic E-state index is -1.65. The Bertz CT molecular complexity index is 706. The molecule has 8 heteroatoms. The first-order valence-electron chi connectivity index (χ1n) is 8.81. The number of nitro benzene ring substituents is 1. The van der Waals surface area contributed by atoms with Crippen LogP contribution in [0.25, 0.3) is 0 Å². The quantitative estimate of drug-likeness (QED) is 0.561. The van der Waals surface area contributed by atoms with Gasteiger partial charge in [-0.3, -0.25) is 14.9 Å². The number of hydrazine groups is 1. The molecular formula is C17H22N4O4. The van der Waals surface area contributed by atoms with Crippen molar-refractivity contribution in [2.24, 2.45) is 5.92 Å². The number of benzene rings is 1. The zero-order valence-corrected chi connectivity index (χ0v) is 13.9. The number of hydrogen-bond donors (Lipinski definition) is 3. The van der Waals surface area contributed by atoms with Crippen molar-refractivity contribution in [1.82, 2.24) is 15.8 Å². The number of rotatable bonds is 3. The van der Waals surface area contributed by atoms with E-state index < -0.39 is 10.6 Å². The Hall–Kier alpha value is -2.03. The van der Waals surface area contributed by atoms with E-state index >= 15 is 0 Å². The van der Waals surface area contributed by atoms with Crippen LogP contribution in [0.15, 0.2) is 24.3 Å². The number of nitro groups is 1. The standard InChI is InChI=1S/C17H22N4O4/c22-16-17(23)14(10-20(16)12-6-2-1-3-7-12)15(18-19-17)11-5-4-8-13(9-11)21(24)25/h4-5,8-9,12,14-15,18-19,23H,1-3,6-7,10H2/t14-,15-,17+/m1/s1. The Labute approximate surface area is 145 Å². The summed E-state index contributed by atoms with van der Waals surface area (Å²) in [7, 11) is 0. The highest BCUT2D eigenvalue weighted by Crippen LogP contribution is 2.42. The van der Waals surface area contributed by atoms with E-state index in [0.29, 0.717) is 12.1 Å². The maximum Gasteiger partial charge on any atom is 0.271 e. The number of fused-ring (bicyclic) bond motifs is 1. The van der Waals surface area contributed by atoms with Crippen LogP contribution in [-0.2, 0) is 4.79 Å². The number of hydrogen-bond acceptors (Lipinski definition) is 6. The van der Waals surface area contributed by atoms with Crippen LogP contribution in [0, 0.1) is 16.0 Å². The van der Waals surface area contributed by atoms with E-state index in [4.69, 9.17) is 0 Å². The lowest BCUT2D eigenvalue weighted by atomic mass is 9.89. The normalized spacial score (nSPS) is 32.8. The van der Waals surface area contributed by atoms with Crippen LogP contribution in [0.5, 0.6) is 0 Å². The van der Waals surface area contributed by atoms with E-state index in [2.05, 4.69) is 10.9 Å². The number of carbonyl (C=O) groups is 1. The summed E-state index contributed by atoms with van der Waals surface area (Å²) < 4.78 is 0. The van der Waals surface area contributed by atoms with Gasteiger partial charge < -0.3 is 10.0 Å². The molecule has 134 valence electrons. The summed E-state index contributed by atoms with van der Waals surface area (Å²) in [5.74, 6) is -0.672. The van der Waals surface area contributed by atoms with Gasteiger partial charge >= 0.3 is 0 Å². The van der Waals surface area contributed by atoms with Crippen LogP contribution in [0.3, 0.4) is 0 Å². The fourth-order valence-corrected chi connectivity index (χ4v) is 4.44. The lowest BCUT2D eigenvalue weighted by Gasteiger charge is -2.32. The third kappa shape index (κ3) is 2.61. The summed E-state index contributed by atoms with van der Waals surface area (Å²) in [6, 6.07) is 6.17. The number of non-ortho nitro benzene ring substituents is 1. The molecule has 2 heterocycles. The summed E-state index contributed by atoms with van der Waals surface area (Å²) in [6.07, 6.45) is 5.37. The van der Waals surface area contributed by atoms with Gasteiger partial charge in [-0.2, -0.15) is 0 Å². The highest BCUT2D eigenvalue weighted by atomic mass is 16.6. The van der Waals surface area contributed by atoms with Crippen molar-refractivity contribution in [2.75, 3.05) is 6.54 Å². The molecule has 4 rings (SSSR count). The zero-order chi connectivity index (χ0) is 17.6. The number of nitrogens with one attached hydrogen (secondary N) is 2. The minimum Gasteiger partial charge on any atom is -0.366 e. The van der Waals surface area contributed by atoms with Gasteiger partial charge in [0, 0.05) is 24.7 Å². The number of likely N-dealkylation sites (tertiary alicyclic amines) is 1. The fraction of sp³-hybridized carbons (Fsp3) is 0.588. The molecule has 0 aromatic heterocycles. The maximum absolute atomic E-state index is 12.8. The van der Waals surface area contributed by atoms with Gasteiger partial charge in [-0.1, -0.05) is 31.4 Å². The molecule has 1 amide bonds. The molecule has 2 saturated heterocycles. The third-order valence-electron chi connectivity index (χ3n) is 5.79. The van der Waals surface area contributed by atoms with Gasteiger partial charge in [-0.25, -0.2) is 10.9 Å². The predicted octanol–water partition coefficient (Wildman–Crippen LogP) is 1.22. The van der Waals surface area contributed by atoms with E-state index in [9.17, 15) is 20.0 Å². The second-order valence-corrected chi connectivity index (χ2v) is 7.22. The lowest BCUT2D eigenvalue weighted by Crippen LogP contribution is -2.54. The molecule has 1 aromatic rings. The number of aliphatic hydroxyl groups is 1. The summed E-state index contributed by atoms with van der Waals surface area (Å²) in [5, 5.41) is 21.9. The van der Waals surface area contributed by atoms with Crippen molar-refractivity contribution >= 4 is 11.6 Å². The molecule has 0 spiro atoms.